The zero-order valence-corrected chi connectivity index (χ0v) is 14.7. The van der Waals surface area contributed by atoms with Crippen LogP contribution in [0.4, 0.5) is 0 Å². The van der Waals surface area contributed by atoms with Gasteiger partial charge in [-0.2, -0.15) is 0 Å². The molecule has 4 nitrogen and oxygen atoms in total. The van der Waals surface area contributed by atoms with Crippen LogP contribution in [0.25, 0.3) is 11.0 Å². The summed E-state index contributed by atoms with van der Waals surface area (Å²) in [6.45, 7) is 0. The van der Waals surface area contributed by atoms with E-state index in [0.717, 1.165) is 42.5 Å². The molecule has 0 saturated heterocycles. The van der Waals surface area contributed by atoms with Crippen molar-refractivity contribution in [2.45, 2.75) is 31.7 Å². The van der Waals surface area contributed by atoms with E-state index in [-0.39, 0.29) is 17.9 Å². The number of benzene rings is 2. The second-order valence-electron chi connectivity index (χ2n) is 6.87. The molecule has 1 aromatic heterocycles. The molecule has 1 aliphatic rings. The summed E-state index contributed by atoms with van der Waals surface area (Å²) in [7, 11) is 0. The number of nitrogens with zero attached hydrogens (tertiary/aromatic N) is 1. The summed E-state index contributed by atoms with van der Waals surface area (Å²) in [5.41, 5.74) is 3.10. The van der Waals surface area contributed by atoms with Crippen molar-refractivity contribution in [1.29, 1.82) is 0 Å². The van der Waals surface area contributed by atoms with Gasteiger partial charge in [-0.25, -0.2) is 4.98 Å². The van der Waals surface area contributed by atoms with Crippen molar-refractivity contribution in [3.8, 4) is 0 Å². The highest BCUT2D eigenvalue weighted by Crippen LogP contribution is 2.23. The Kier molecular flexibility index (Phi) is 4.82. The summed E-state index contributed by atoms with van der Waals surface area (Å²) >= 11 is 0. The molecule has 0 fully saturated rings. The number of hydrogen-bond acceptors (Lipinski definition) is 2. The molecule has 1 amide bonds. The molecule has 2 atom stereocenters. The predicted octanol–water partition coefficient (Wildman–Crippen LogP) is 4.32. The number of para-hydroxylation sites is 2. The Morgan fingerprint density at radius 3 is 2.69 bits per heavy atom. The van der Waals surface area contributed by atoms with Crippen molar-refractivity contribution < 1.29 is 4.79 Å². The number of allylic oxidation sites excluding steroid dienone is 2. The molecule has 4 rings (SSSR count). The third kappa shape index (κ3) is 3.69. The van der Waals surface area contributed by atoms with Crippen LogP contribution in [0.2, 0.25) is 0 Å². The smallest absolute Gasteiger partial charge is 0.224 e. The summed E-state index contributed by atoms with van der Waals surface area (Å²) < 4.78 is 0. The first kappa shape index (κ1) is 16.6. The van der Waals surface area contributed by atoms with Gasteiger partial charge in [-0.3, -0.25) is 4.79 Å². The Labute approximate surface area is 153 Å². The van der Waals surface area contributed by atoms with Crippen LogP contribution in [0.3, 0.4) is 0 Å². The quantitative estimate of drug-likeness (QED) is 0.677. The first-order valence-corrected chi connectivity index (χ1v) is 9.23. The Morgan fingerprint density at radius 2 is 1.92 bits per heavy atom. The summed E-state index contributed by atoms with van der Waals surface area (Å²) in [6, 6.07) is 18.0. The van der Waals surface area contributed by atoms with Crippen molar-refractivity contribution in [2.24, 2.45) is 5.92 Å². The van der Waals surface area contributed by atoms with E-state index < -0.39 is 0 Å². The number of hydrogen-bond donors (Lipinski definition) is 2. The molecule has 4 heteroatoms. The van der Waals surface area contributed by atoms with E-state index >= 15 is 0 Å². The number of H-pyrrole nitrogens is 1. The van der Waals surface area contributed by atoms with E-state index in [2.05, 4.69) is 34.6 Å². The van der Waals surface area contributed by atoms with Crippen LogP contribution in [0.5, 0.6) is 0 Å². The van der Waals surface area contributed by atoms with Crippen LogP contribution in [0.1, 0.15) is 36.7 Å². The van der Waals surface area contributed by atoms with Gasteiger partial charge < -0.3 is 10.3 Å². The second-order valence-corrected chi connectivity index (χ2v) is 6.87. The lowest BCUT2D eigenvalue weighted by atomic mass is 9.93. The molecule has 26 heavy (non-hydrogen) atoms. The van der Waals surface area contributed by atoms with Gasteiger partial charge in [0.1, 0.15) is 5.82 Å². The molecule has 2 N–H and O–H groups in total. The van der Waals surface area contributed by atoms with E-state index in [1.807, 2.05) is 42.5 Å². The zero-order chi connectivity index (χ0) is 17.8. The zero-order valence-electron chi connectivity index (χ0n) is 14.7. The average molecular weight is 345 g/mol. The van der Waals surface area contributed by atoms with Gasteiger partial charge in [0.15, 0.2) is 0 Å². The maximum atomic E-state index is 12.8. The lowest BCUT2D eigenvalue weighted by Crippen LogP contribution is -2.36. The fourth-order valence-electron chi connectivity index (χ4n) is 3.52. The topological polar surface area (TPSA) is 57.8 Å². The van der Waals surface area contributed by atoms with Crippen LogP contribution in [-0.4, -0.2) is 15.9 Å². The van der Waals surface area contributed by atoms with Gasteiger partial charge in [0.05, 0.1) is 17.1 Å². The van der Waals surface area contributed by atoms with Gasteiger partial charge in [0.25, 0.3) is 0 Å². The molecular weight excluding hydrogens is 322 g/mol. The molecule has 2 unspecified atom stereocenters. The highest BCUT2D eigenvalue weighted by molar-refractivity contribution is 5.80. The summed E-state index contributed by atoms with van der Waals surface area (Å²) in [6.07, 6.45) is 7.71. The molecule has 0 bridgehead atoms. The number of nitrogens with one attached hydrogen (secondary N) is 2. The molecule has 0 radical (unpaired) electrons. The van der Waals surface area contributed by atoms with Gasteiger partial charge in [0.2, 0.25) is 5.91 Å². The van der Waals surface area contributed by atoms with Crippen molar-refractivity contribution >= 4 is 16.9 Å². The van der Waals surface area contributed by atoms with Gasteiger partial charge in [-0.1, -0.05) is 54.6 Å². The van der Waals surface area contributed by atoms with Crippen molar-refractivity contribution in [2.75, 3.05) is 0 Å². The third-order valence-corrected chi connectivity index (χ3v) is 4.98. The van der Waals surface area contributed by atoms with E-state index in [9.17, 15) is 4.79 Å². The molecule has 0 saturated carbocycles. The molecule has 0 aliphatic heterocycles. The average Bonchev–Trinajstić information content (AvgIpc) is 3.13. The van der Waals surface area contributed by atoms with Crippen molar-refractivity contribution in [1.82, 2.24) is 15.3 Å². The fraction of sp³-hybridized carbons (Fsp3) is 0.273. The predicted molar refractivity (Wildman–Crippen MR) is 104 cm³/mol. The normalized spacial score (nSPS) is 17.9. The Balaban J connectivity index is 1.60. The summed E-state index contributed by atoms with van der Waals surface area (Å²) in [5, 5.41) is 3.25. The summed E-state index contributed by atoms with van der Waals surface area (Å²) in [5.74, 6) is 0.994. The van der Waals surface area contributed by atoms with Crippen molar-refractivity contribution in [3.63, 3.8) is 0 Å². The maximum Gasteiger partial charge on any atom is 0.224 e. The Hall–Kier alpha value is -2.88. The van der Waals surface area contributed by atoms with Gasteiger partial charge in [-0.05, 0) is 43.4 Å². The highest BCUT2D eigenvalue weighted by atomic mass is 16.1. The van der Waals surface area contributed by atoms with Crippen molar-refractivity contribution in [3.05, 3.63) is 78.1 Å². The largest absolute Gasteiger partial charge is 0.346 e. The van der Waals surface area contributed by atoms with E-state index in [0.29, 0.717) is 0 Å². The first-order valence-electron chi connectivity index (χ1n) is 9.23. The number of amides is 1. The molecule has 3 aromatic rings. The molecule has 2 aromatic carbocycles. The second kappa shape index (κ2) is 7.56. The van der Waals surface area contributed by atoms with Crippen LogP contribution < -0.4 is 5.32 Å². The van der Waals surface area contributed by atoms with Gasteiger partial charge in [0, 0.05) is 5.92 Å². The van der Waals surface area contributed by atoms with Crippen LogP contribution in [0.15, 0.2) is 66.7 Å². The number of rotatable bonds is 5. The molecular formula is C22H23N3O. The number of fused-ring (bicyclic) bond motifs is 1. The number of carbonyl (C=O) groups excluding carboxylic acids is 1. The molecule has 0 spiro atoms. The van der Waals surface area contributed by atoms with Gasteiger partial charge in [-0.15, -0.1) is 0 Å². The van der Waals surface area contributed by atoms with Crippen LogP contribution in [0, 0.1) is 5.92 Å². The first-order chi connectivity index (χ1) is 12.8. The summed E-state index contributed by atoms with van der Waals surface area (Å²) in [4.78, 5) is 20.9. The van der Waals surface area contributed by atoms with Crippen LogP contribution >= 0.6 is 0 Å². The molecule has 1 aliphatic carbocycles. The minimum absolute atomic E-state index is 0.0580. The number of aromatic amines is 1. The molecule has 1 heterocycles. The minimum Gasteiger partial charge on any atom is -0.346 e. The fourth-order valence-corrected chi connectivity index (χ4v) is 3.52. The van der Waals surface area contributed by atoms with E-state index in [1.165, 1.54) is 5.56 Å². The van der Waals surface area contributed by atoms with Crippen LogP contribution in [-0.2, 0) is 11.2 Å². The van der Waals surface area contributed by atoms with Gasteiger partial charge >= 0.3 is 0 Å². The number of carbonyl (C=O) groups is 1. The monoisotopic (exact) mass is 345 g/mol. The lowest BCUT2D eigenvalue weighted by molar-refractivity contribution is -0.126. The van der Waals surface area contributed by atoms with E-state index in [4.69, 9.17) is 4.98 Å². The minimum atomic E-state index is -0.164. The lowest BCUT2D eigenvalue weighted by Gasteiger charge is -2.22. The Bertz CT molecular complexity index is 880. The SMILES string of the molecule is O=C(NC(Cc1ccccc1)c1nc2ccccc2[nH]1)C1CC=CCC1. The highest BCUT2D eigenvalue weighted by Gasteiger charge is 2.24. The number of imidazole rings is 1. The van der Waals surface area contributed by atoms with E-state index in [1.54, 1.807) is 0 Å². The molecule has 132 valence electrons. The third-order valence-electron chi connectivity index (χ3n) is 4.98. The standard InChI is InChI=1S/C22H23N3O/c26-22(17-11-5-2-6-12-17)25-20(15-16-9-3-1-4-10-16)21-23-18-13-7-8-14-19(18)24-21/h1-5,7-10,13-14,17,20H,6,11-12,15H2,(H,23,24)(H,25,26). The maximum absolute atomic E-state index is 12.8. The Morgan fingerprint density at radius 1 is 1.12 bits per heavy atom. The number of aromatic nitrogens is 2.